The number of likely N-dealkylation sites (tertiary alicyclic amines) is 1. The van der Waals surface area contributed by atoms with Crippen LogP contribution in [0.5, 0.6) is 0 Å². The summed E-state index contributed by atoms with van der Waals surface area (Å²) in [4.78, 5) is 17.1. The van der Waals surface area contributed by atoms with Crippen LogP contribution in [0, 0.1) is 0 Å². The summed E-state index contributed by atoms with van der Waals surface area (Å²) in [5.74, 6) is 1.32. The molecule has 0 spiro atoms. The third-order valence-corrected chi connectivity index (χ3v) is 6.53. The zero-order chi connectivity index (χ0) is 17.2. The van der Waals surface area contributed by atoms with E-state index in [-0.39, 0.29) is 5.69 Å². The van der Waals surface area contributed by atoms with Crippen LogP contribution in [0.2, 0.25) is 0 Å². The van der Waals surface area contributed by atoms with E-state index in [2.05, 4.69) is 27.2 Å². The molecule has 6 nitrogen and oxygen atoms in total. The summed E-state index contributed by atoms with van der Waals surface area (Å²) in [5, 5.41) is 6.86. The summed E-state index contributed by atoms with van der Waals surface area (Å²) >= 11 is 1.90. The monoisotopic (exact) mass is 362 g/mol. The van der Waals surface area contributed by atoms with Gasteiger partial charge in [0.05, 0.1) is 6.10 Å². The molecule has 0 radical (unpaired) electrons. The van der Waals surface area contributed by atoms with Crippen molar-refractivity contribution in [3.8, 4) is 0 Å². The van der Waals surface area contributed by atoms with Gasteiger partial charge in [-0.05, 0) is 57.8 Å². The second-order valence-corrected chi connectivity index (χ2v) is 8.19. The molecule has 2 aromatic heterocycles. The van der Waals surface area contributed by atoms with Gasteiger partial charge in [-0.15, -0.1) is 11.3 Å². The van der Waals surface area contributed by atoms with E-state index in [1.165, 1.54) is 16.2 Å². The summed E-state index contributed by atoms with van der Waals surface area (Å²) in [7, 11) is 0. The van der Waals surface area contributed by atoms with E-state index in [0.717, 1.165) is 51.3 Å². The molecule has 0 aliphatic carbocycles. The number of ether oxygens (including phenoxy) is 1. The average molecular weight is 362 g/mol. The third-order valence-electron chi connectivity index (χ3n) is 5.37. The summed E-state index contributed by atoms with van der Waals surface area (Å²) in [6, 6.07) is 4.50. The number of H-pyrrole nitrogens is 1. The predicted octanol–water partition coefficient (Wildman–Crippen LogP) is 2.88. The summed E-state index contributed by atoms with van der Waals surface area (Å²) in [5.41, 5.74) is -0.0832. The lowest BCUT2D eigenvalue weighted by Gasteiger charge is -2.31. The highest BCUT2D eigenvalue weighted by Crippen LogP contribution is 2.34. The Morgan fingerprint density at radius 1 is 1.32 bits per heavy atom. The first-order valence-corrected chi connectivity index (χ1v) is 10.1. The van der Waals surface area contributed by atoms with Crippen LogP contribution >= 0.6 is 11.3 Å². The molecule has 1 unspecified atom stereocenters. The van der Waals surface area contributed by atoms with E-state index in [4.69, 9.17) is 4.74 Å². The summed E-state index contributed by atoms with van der Waals surface area (Å²) in [6.45, 7) is 6.72. The fraction of sp³-hybridized carbons (Fsp3) is 0.667. The first kappa shape index (κ1) is 17.0. The van der Waals surface area contributed by atoms with Crippen molar-refractivity contribution in [2.24, 2.45) is 0 Å². The van der Waals surface area contributed by atoms with E-state index < -0.39 is 0 Å². The molecule has 2 aromatic rings. The molecule has 2 aliphatic heterocycles. The van der Waals surface area contributed by atoms with E-state index >= 15 is 0 Å². The van der Waals surface area contributed by atoms with Crippen LogP contribution in [0.4, 0.5) is 0 Å². The number of thiophene rings is 1. The third kappa shape index (κ3) is 3.59. The molecule has 0 saturated carbocycles. The highest BCUT2D eigenvalue weighted by Gasteiger charge is 2.26. The second-order valence-electron chi connectivity index (χ2n) is 6.99. The van der Waals surface area contributed by atoms with Crippen LogP contribution in [0.25, 0.3) is 0 Å². The molecule has 2 aliphatic rings. The molecular weight excluding hydrogens is 336 g/mol. The molecule has 25 heavy (non-hydrogen) atoms. The van der Waals surface area contributed by atoms with Crippen LogP contribution in [0.15, 0.2) is 16.9 Å². The molecule has 2 saturated heterocycles. The van der Waals surface area contributed by atoms with Crippen molar-refractivity contribution in [2.75, 3.05) is 19.7 Å². The van der Waals surface area contributed by atoms with E-state index in [0.29, 0.717) is 18.6 Å². The zero-order valence-corrected chi connectivity index (χ0v) is 15.6. The van der Waals surface area contributed by atoms with Crippen molar-refractivity contribution in [2.45, 2.75) is 57.7 Å². The van der Waals surface area contributed by atoms with Crippen molar-refractivity contribution in [3.63, 3.8) is 0 Å². The van der Waals surface area contributed by atoms with Gasteiger partial charge in [-0.2, -0.15) is 5.10 Å². The largest absolute Gasteiger partial charge is 0.373 e. The second kappa shape index (κ2) is 7.43. The first-order valence-electron chi connectivity index (χ1n) is 9.32. The Bertz CT molecular complexity index is 751. The maximum absolute atomic E-state index is 11.8. The lowest BCUT2D eigenvalue weighted by atomic mass is 9.96. The average Bonchev–Trinajstić information content (AvgIpc) is 3.36. The lowest BCUT2D eigenvalue weighted by Crippen LogP contribution is -2.33. The normalized spacial score (nSPS) is 22.7. The van der Waals surface area contributed by atoms with Gasteiger partial charge in [0.25, 0.3) is 0 Å². The van der Waals surface area contributed by atoms with Gasteiger partial charge in [0.15, 0.2) is 0 Å². The Labute approximate surface area is 151 Å². The molecule has 2 fully saturated rings. The molecule has 0 amide bonds. The van der Waals surface area contributed by atoms with Gasteiger partial charge < -0.3 is 4.74 Å². The lowest BCUT2D eigenvalue weighted by molar-refractivity contribution is 0.114. The fourth-order valence-corrected chi connectivity index (χ4v) is 5.11. The Morgan fingerprint density at radius 2 is 2.16 bits per heavy atom. The van der Waals surface area contributed by atoms with Gasteiger partial charge in [0.1, 0.15) is 5.82 Å². The number of nitrogens with zero attached hydrogens (tertiary/aromatic N) is 3. The van der Waals surface area contributed by atoms with Gasteiger partial charge in [-0.1, -0.05) is 0 Å². The first-order chi connectivity index (χ1) is 12.2. The zero-order valence-electron chi connectivity index (χ0n) is 14.7. The van der Waals surface area contributed by atoms with Crippen molar-refractivity contribution < 1.29 is 4.74 Å². The number of aromatic nitrogens is 3. The molecule has 0 bridgehead atoms. The van der Waals surface area contributed by atoms with Gasteiger partial charge in [0, 0.05) is 35.4 Å². The molecule has 1 N–H and O–H groups in total. The van der Waals surface area contributed by atoms with E-state index in [1.54, 1.807) is 4.57 Å². The summed E-state index contributed by atoms with van der Waals surface area (Å²) < 4.78 is 7.56. The SMILES string of the molecule is CCn1c(C2CCN(Cc3ccc(C4CCCO4)s3)CC2)n[nH]c1=O. The number of aromatic amines is 1. The van der Waals surface area contributed by atoms with Crippen LogP contribution in [0.3, 0.4) is 0 Å². The van der Waals surface area contributed by atoms with Crippen LogP contribution in [-0.2, 0) is 17.8 Å². The molecule has 7 heteroatoms. The molecular formula is C18H26N4O2S. The fourth-order valence-electron chi connectivity index (χ4n) is 3.97. The number of hydrogen-bond acceptors (Lipinski definition) is 5. The minimum atomic E-state index is -0.0832. The highest BCUT2D eigenvalue weighted by molar-refractivity contribution is 7.12. The summed E-state index contributed by atoms with van der Waals surface area (Å²) in [6.07, 6.45) is 4.80. The Balaban J connectivity index is 1.33. The van der Waals surface area contributed by atoms with Gasteiger partial charge in [-0.3, -0.25) is 9.47 Å². The van der Waals surface area contributed by atoms with Gasteiger partial charge >= 0.3 is 5.69 Å². The van der Waals surface area contributed by atoms with E-state index in [1.807, 2.05) is 18.3 Å². The van der Waals surface area contributed by atoms with Crippen LogP contribution in [0.1, 0.15) is 60.2 Å². The quantitative estimate of drug-likeness (QED) is 0.888. The molecule has 4 heterocycles. The van der Waals surface area contributed by atoms with Crippen LogP contribution < -0.4 is 5.69 Å². The topological polar surface area (TPSA) is 63.1 Å². The minimum Gasteiger partial charge on any atom is -0.373 e. The molecule has 136 valence electrons. The standard InChI is InChI=1S/C18H26N4O2S/c1-2-22-17(19-20-18(22)23)13-7-9-21(10-8-13)12-14-5-6-16(25-14)15-4-3-11-24-15/h5-6,13,15H,2-4,7-12H2,1H3,(H,20,23). The number of hydrogen-bond donors (Lipinski definition) is 1. The van der Waals surface area contributed by atoms with Gasteiger partial charge in [-0.25, -0.2) is 9.89 Å². The predicted molar refractivity (Wildman–Crippen MR) is 98.0 cm³/mol. The Hall–Kier alpha value is -1.44. The van der Waals surface area contributed by atoms with E-state index in [9.17, 15) is 4.79 Å². The van der Waals surface area contributed by atoms with Crippen LogP contribution in [-0.4, -0.2) is 39.4 Å². The maximum atomic E-state index is 11.8. The van der Waals surface area contributed by atoms with Crippen molar-refractivity contribution in [3.05, 3.63) is 38.2 Å². The van der Waals surface area contributed by atoms with Gasteiger partial charge in [0.2, 0.25) is 0 Å². The smallest absolute Gasteiger partial charge is 0.343 e. The maximum Gasteiger partial charge on any atom is 0.343 e. The Morgan fingerprint density at radius 3 is 2.88 bits per heavy atom. The molecule has 0 aromatic carbocycles. The van der Waals surface area contributed by atoms with Crippen molar-refractivity contribution in [1.29, 1.82) is 0 Å². The van der Waals surface area contributed by atoms with Crippen molar-refractivity contribution >= 4 is 11.3 Å². The molecule has 1 atom stereocenters. The van der Waals surface area contributed by atoms with Crippen molar-refractivity contribution in [1.82, 2.24) is 19.7 Å². The minimum absolute atomic E-state index is 0.0832. The highest BCUT2D eigenvalue weighted by atomic mass is 32.1. The number of nitrogens with one attached hydrogen (secondary N) is 1. The molecule has 4 rings (SSSR count). The Kier molecular flexibility index (Phi) is 5.05. The number of piperidine rings is 1. The number of rotatable bonds is 5.